The van der Waals surface area contributed by atoms with Gasteiger partial charge < -0.3 is 14.5 Å². The number of nitrogens with zero attached hydrogens (tertiary/aromatic N) is 3. The zero-order valence-corrected chi connectivity index (χ0v) is 18.8. The highest BCUT2D eigenvalue weighted by molar-refractivity contribution is 7.98. The Bertz CT molecular complexity index is 1190. The van der Waals surface area contributed by atoms with E-state index in [0.717, 1.165) is 27.8 Å². The average Bonchev–Trinajstić information content (AvgIpc) is 3.46. The minimum atomic E-state index is -0.141. The number of methoxy groups -OCH3 is 1. The van der Waals surface area contributed by atoms with Gasteiger partial charge in [0, 0.05) is 24.1 Å². The smallest absolute Gasteiger partial charge is 0.251 e. The second kappa shape index (κ2) is 10.3. The maximum atomic E-state index is 12.8. The fraction of sp³-hybridized carbons (Fsp3) is 0.208. The minimum absolute atomic E-state index is 0.141. The highest BCUT2D eigenvalue weighted by Gasteiger charge is 2.17. The van der Waals surface area contributed by atoms with E-state index >= 15 is 0 Å². The van der Waals surface area contributed by atoms with Crippen molar-refractivity contribution in [2.45, 2.75) is 31.0 Å². The van der Waals surface area contributed by atoms with Crippen molar-refractivity contribution in [3.8, 4) is 5.69 Å². The van der Waals surface area contributed by atoms with Crippen LogP contribution in [-0.4, -0.2) is 27.8 Å². The number of carbonyl (C=O) groups excluding carboxylic acids is 1. The van der Waals surface area contributed by atoms with Crippen LogP contribution in [0.2, 0.25) is 0 Å². The Labute approximate surface area is 190 Å². The zero-order valence-electron chi connectivity index (χ0n) is 17.9. The molecule has 0 aliphatic heterocycles. The summed E-state index contributed by atoms with van der Waals surface area (Å²) >= 11 is 1.53. The van der Waals surface area contributed by atoms with Crippen LogP contribution in [0.3, 0.4) is 0 Å². The number of hydrogen-bond donors (Lipinski definition) is 1. The maximum Gasteiger partial charge on any atom is 0.251 e. The topological polar surface area (TPSA) is 82.2 Å². The predicted molar refractivity (Wildman–Crippen MR) is 123 cm³/mol. The number of carbonyl (C=O) groups is 1. The molecule has 8 heteroatoms. The Hall–Kier alpha value is -3.36. The van der Waals surface area contributed by atoms with Gasteiger partial charge in [-0.25, -0.2) is 0 Å². The summed E-state index contributed by atoms with van der Waals surface area (Å²) in [4.78, 5) is 12.8. The van der Waals surface area contributed by atoms with Gasteiger partial charge in [-0.3, -0.25) is 9.36 Å². The Morgan fingerprint density at radius 2 is 2.00 bits per heavy atom. The van der Waals surface area contributed by atoms with E-state index < -0.39 is 0 Å². The second-order valence-corrected chi connectivity index (χ2v) is 8.16. The molecule has 2 heterocycles. The zero-order chi connectivity index (χ0) is 22.3. The molecule has 0 aliphatic carbocycles. The van der Waals surface area contributed by atoms with Gasteiger partial charge in [-0.1, -0.05) is 42.1 Å². The molecule has 1 amide bonds. The molecule has 7 nitrogen and oxygen atoms in total. The Kier molecular flexibility index (Phi) is 7.03. The summed E-state index contributed by atoms with van der Waals surface area (Å²) in [5.41, 5.74) is 3.68. The summed E-state index contributed by atoms with van der Waals surface area (Å²) in [7, 11) is 1.64. The van der Waals surface area contributed by atoms with Gasteiger partial charge in [-0.05, 0) is 48.4 Å². The van der Waals surface area contributed by atoms with Crippen molar-refractivity contribution in [3.05, 3.63) is 95.2 Å². The van der Waals surface area contributed by atoms with Gasteiger partial charge in [-0.2, -0.15) is 0 Å². The van der Waals surface area contributed by atoms with Gasteiger partial charge >= 0.3 is 0 Å². The molecular formula is C24H24N4O3S. The summed E-state index contributed by atoms with van der Waals surface area (Å²) < 4.78 is 12.6. The average molecular weight is 449 g/mol. The molecule has 2 aromatic heterocycles. The van der Waals surface area contributed by atoms with Crippen LogP contribution >= 0.6 is 11.8 Å². The highest BCUT2D eigenvalue weighted by atomic mass is 32.2. The number of aromatic nitrogens is 3. The quantitative estimate of drug-likeness (QED) is 0.379. The van der Waals surface area contributed by atoms with Crippen LogP contribution in [0.4, 0.5) is 0 Å². The van der Waals surface area contributed by atoms with Crippen LogP contribution in [0.1, 0.15) is 33.1 Å². The number of rotatable bonds is 9. The van der Waals surface area contributed by atoms with E-state index in [2.05, 4.69) is 21.6 Å². The molecule has 32 heavy (non-hydrogen) atoms. The maximum absolute atomic E-state index is 12.8. The van der Waals surface area contributed by atoms with Crippen molar-refractivity contribution >= 4 is 17.7 Å². The molecule has 0 unspecified atom stereocenters. The standard InChI is InChI=1S/C24H24N4O3S/c1-17-7-5-9-19(13-17)28-22(15-30-2)26-27-24(28)32-16-18-8-3-4-11-21(18)23(29)25-14-20-10-6-12-31-20/h3-13H,14-16H2,1-2H3,(H,25,29). The third kappa shape index (κ3) is 5.09. The third-order valence-electron chi connectivity index (χ3n) is 4.86. The molecule has 2 aromatic carbocycles. The second-order valence-electron chi connectivity index (χ2n) is 7.21. The Balaban J connectivity index is 1.54. The number of ether oxygens (including phenoxy) is 1. The lowest BCUT2D eigenvalue weighted by Crippen LogP contribution is -2.23. The molecule has 0 saturated carbocycles. The van der Waals surface area contributed by atoms with E-state index in [-0.39, 0.29) is 5.91 Å². The fourth-order valence-corrected chi connectivity index (χ4v) is 4.30. The highest BCUT2D eigenvalue weighted by Crippen LogP contribution is 2.27. The summed E-state index contributed by atoms with van der Waals surface area (Å²) in [6, 6.07) is 19.4. The molecule has 1 N–H and O–H groups in total. The molecule has 0 aliphatic rings. The molecule has 164 valence electrons. The van der Waals surface area contributed by atoms with Crippen LogP contribution in [-0.2, 0) is 23.6 Å². The normalized spacial score (nSPS) is 10.9. The Morgan fingerprint density at radius 3 is 2.78 bits per heavy atom. The van der Waals surface area contributed by atoms with Crippen LogP contribution in [0.5, 0.6) is 0 Å². The molecule has 4 aromatic rings. The van der Waals surface area contributed by atoms with E-state index in [4.69, 9.17) is 9.15 Å². The molecule has 0 bridgehead atoms. The van der Waals surface area contributed by atoms with E-state index in [0.29, 0.717) is 30.2 Å². The predicted octanol–water partition coefficient (Wildman–Crippen LogP) is 4.54. The van der Waals surface area contributed by atoms with Crippen molar-refractivity contribution < 1.29 is 13.9 Å². The first-order valence-electron chi connectivity index (χ1n) is 10.2. The molecule has 0 radical (unpaired) electrons. The van der Waals surface area contributed by atoms with Crippen LogP contribution < -0.4 is 5.32 Å². The summed E-state index contributed by atoms with van der Waals surface area (Å²) in [6.45, 7) is 2.75. The first-order chi connectivity index (χ1) is 15.7. The van der Waals surface area contributed by atoms with Crippen LogP contribution in [0.15, 0.2) is 76.5 Å². The molecule has 0 fully saturated rings. The number of benzene rings is 2. The first kappa shape index (κ1) is 21.9. The summed E-state index contributed by atoms with van der Waals surface area (Å²) in [5, 5.41) is 12.4. The lowest BCUT2D eigenvalue weighted by atomic mass is 10.1. The van der Waals surface area contributed by atoms with Gasteiger partial charge in [0.2, 0.25) is 0 Å². The molecule has 0 saturated heterocycles. The molecule has 0 spiro atoms. The minimum Gasteiger partial charge on any atom is -0.467 e. The number of amides is 1. The lowest BCUT2D eigenvalue weighted by Gasteiger charge is -2.12. The van der Waals surface area contributed by atoms with E-state index in [1.807, 2.05) is 60.0 Å². The van der Waals surface area contributed by atoms with E-state index in [1.54, 1.807) is 19.4 Å². The number of thioether (sulfide) groups is 1. The molecule has 4 rings (SSSR count). The van der Waals surface area contributed by atoms with E-state index in [1.165, 1.54) is 11.8 Å². The van der Waals surface area contributed by atoms with Gasteiger partial charge in [-0.15, -0.1) is 10.2 Å². The van der Waals surface area contributed by atoms with Crippen LogP contribution in [0, 0.1) is 6.92 Å². The van der Waals surface area contributed by atoms with Gasteiger partial charge in [0.25, 0.3) is 5.91 Å². The lowest BCUT2D eigenvalue weighted by molar-refractivity contribution is 0.0947. The monoisotopic (exact) mass is 448 g/mol. The molecular weight excluding hydrogens is 424 g/mol. The fourth-order valence-electron chi connectivity index (χ4n) is 3.33. The number of aryl methyl sites for hydroxylation is 1. The van der Waals surface area contributed by atoms with Gasteiger partial charge in [0.05, 0.1) is 12.8 Å². The van der Waals surface area contributed by atoms with Crippen molar-refractivity contribution in [1.82, 2.24) is 20.1 Å². The largest absolute Gasteiger partial charge is 0.467 e. The van der Waals surface area contributed by atoms with Gasteiger partial charge in [0.1, 0.15) is 12.4 Å². The van der Waals surface area contributed by atoms with Crippen molar-refractivity contribution in [3.63, 3.8) is 0 Å². The van der Waals surface area contributed by atoms with E-state index in [9.17, 15) is 4.79 Å². The first-order valence-corrected chi connectivity index (χ1v) is 11.2. The third-order valence-corrected chi connectivity index (χ3v) is 5.83. The number of nitrogens with one attached hydrogen (secondary N) is 1. The number of furan rings is 1. The van der Waals surface area contributed by atoms with Crippen molar-refractivity contribution in [1.29, 1.82) is 0 Å². The van der Waals surface area contributed by atoms with Crippen molar-refractivity contribution in [2.75, 3.05) is 7.11 Å². The molecule has 0 atom stereocenters. The van der Waals surface area contributed by atoms with Gasteiger partial charge in [0.15, 0.2) is 11.0 Å². The van der Waals surface area contributed by atoms with Crippen LogP contribution in [0.25, 0.3) is 5.69 Å². The SMILES string of the molecule is COCc1nnc(SCc2ccccc2C(=O)NCc2ccco2)n1-c1cccc(C)c1. The summed E-state index contributed by atoms with van der Waals surface area (Å²) in [6.07, 6.45) is 1.59. The number of hydrogen-bond acceptors (Lipinski definition) is 6. The summed E-state index contributed by atoms with van der Waals surface area (Å²) in [5.74, 6) is 1.87. The Morgan fingerprint density at radius 1 is 1.12 bits per heavy atom. The van der Waals surface area contributed by atoms with Crippen molar-refractivity contribution in [2.24, 2.45) is 0 Å².